The van der Waals surface area contributed by atoms with Crippen molar-refractivity contribution in [3.8, 4) is 0 Å². The van der Waals surface area contributed by atoms with Crippen LogP contribution >= 0.6 is 0 Å². The second-order valence-electron chi connectivity index (χ2n) is 18.0. The molecular formula is C59H101NO5. The lowest BCUT2D eigenvalue weighted by atomic mass is 10.0. The number of hydrogen-bond acceptors (Lipinski definition) is 5. The first-order valence-electron chi connectivity index (χ1n) is 27.0. The van der Waals surface area contributed by atoms with Gasteiger partial charge in [-0.1, -0.05) is 246 Å². The predicted molar refractivity (Wildman–Crippen MR) is 282 cm³/mol. The van der Waals surface area contributed by atoms with E-state index in [1.165, 1.54) is 109 Å². The van der Waals surface area contributed by atoms with Gasteiger partial charge in [-0.15, -0.1) is 0 Å². The van der Waals surface area contributed by atoms with Gasteiger partial charge in [-0.3, -0.25) is 9.59 Å². The summed E-state index contributed by atoms with van der Waals surface area (Å²) in [5, 5.41) is 23.8. The molecular weight excluding hydrogens is 803 g/mol. The van der Waals surface area contributed by atoms with Crippen LogP contribution in [0.3, 0.4) is 0 Å². The third-order valence-corrected chi connectivity index (χ3v) is 11.7. The van der Waals surface area contributed by atoms with Crippen LogP contribution in [0.25, 0.3) is 0 Å². The summed E-state index contributed by atoms with van der Waals surface area (Å²) >= 11 is 0. The Bertz CT molecular complexity index is 1290. The quantitative estimate of drug-likeness (QED) is 0.0245. The van der Waals surface area contributed by atoms with Crippen molar-refractivity contribution in [1.82, 2.24) is 5.32 Å². The van der Waals surface area contributed by atoms with E-state index >= 15 is 0 Å². The first kappa shape index (κ1) is 61.8. The molecule has 0 aliphatic rings. The molecule has 0 aliphatic carbocycles. The molecule has 3 unspecified atom stereocenters. The summed E-state index contributed by atoms with van der Waals surface area (Å²) < 4.78 is 5.87. The maximum absolute atomic E-state index is 13.2. The lowest BCUT2D eigenvalue weighted by Gasteiger charge is -2.24. The maximum atomic E-state index is 13.2. The molecule has 0 aromatic rings. The Hall–Kier alpha value is -3.22. The Morgan fingerprint density at radius 1 is 0.477 bits per heavy atom. The summed E-state index contributed by atoms with van der Waals surface area (Å²) in [4.78, 5) is 26.2. The number of nitrogens with one attached hydrogen (secondary N) is 1. The molecule has 6 heteroatoms. The van der Waals surface area contributed by atoms with Gasteiger partial charge in [-0.05, 0) is 70.6 Å². The smallest absolute Gasteiger partial charge is 0.306 e. The maximum Gasteiger partial charge on any atom is 0.306 e. The van der Waals surface area contributed by atoms with E-state index in [9.17, 15) is 19.8 Å². The SMILES string of the molecule is CCCCC/C=C\C/C=C\C/C=C\C/C=C\CC(CC(=O)NC(CO)C(O)CCCCCCCCCCCCCCC)OC(=O)CCCCCCC/C=C/C=C/C=C/C=C/CCCCC. The van der Waals surface area contributed by atoms with Gasteiger partial charge in [-0.25, -0.2) is 0 Å². The van der Waals surface area contributed by atoms with Gasteiger partial charge in [0.2, 0.25) is 5.91 Å². The van der Waals surface area contributed by atoms with E-state index in [0.29, 0.717) is 19.3 Å². The first-order valence-corrected chi connectivity index (χ1v) is 27.0. The topological polar surface area (TPSA) is 95.9 Å². The zero-order valence-corrected chi connectivity index (χ0v) is 42.3. The molecule has 0 radical (unpaired) electrons. The largest absolute Gasteiger partial charge is 0.461 e. The van der Waals surface area contributed by atoms with Crippen molar-refractivity contribution in [3.05, 3.63) is 97.2 Å². The summed E-state index contributed by atoms with van der Waals surface area (Å²) in [7, 11) is 0. The fourth-order valence-corrected chi connectivity index (χ4v) is 7.60. The molecule has 0 saturated heterocycles. The summed E-state index contributed by atoms with van der Waals surface area (Å²) in [5.74, 6) is -0.607. The highest BCUT2D eigenvalue weighted by Gasteiger charge is 2.23. The Balaban J connectivity index is 4.76. The summed E-state index contributed by atoms with van der Waals surface area (Å²) in [6.45, 7) is 6.38. The third kappa shape index (κ3) is 47.1. The van der Waals surface area contributed by atoms with Gasteiger partial charge in [0.1, 0.15) is 6.10 Å². The molecule has 0 saturated carbocycles. The normalized spacial score (nSPS) is 14.0. The van der Waals surface area contributed by atoms with E-state index in [0.717, 1.165) is 83.5 Å². The zero-order valence-electron chi connectivity index (χ0n) is 42.3. The highest BCUT2D eigenvalue weighted by molar-refractivity contribution is 5.77. The lowest BCUT2D eigenvalue weighted by molar-refractivity contribution is -0.150. The highest BCUT2D eigenvalue weighted by Crippen LogP contribution is 2.16. The number of ether oxygens (including phenoxy) is 1. The average molecular weight is 904 g/mol. The number of carbonyl (C=O) groups is 2. The van der Waals surface area contributed by atoms with Crippen LogP contribution in [-0.2, 0) is 14.3 Å². The van der Waals surface area contributed by atoms with E-state index in [-0.39, 0.29) is 24.9 Å². The van der Waals surface area contributed by atoms with E-state index in [4.69, 9.17) is 4.74 Å². The van der Waals surface area contributed by atoms with E-state index < -0.39 is 18.2 Å². The molecule has 1 amide bonds. The molecule has 6 nitrogen and oxygen atoms in total. The Morgan fingerprint density at radius 3 is 1.40 bits per heavy atom. The Kier molecular flexibility index (Phi) is 49.2. The van der Waals surface area contributed by atoms with Crippen molar-refractivity contribution in [2.45, 2.75) is 257 Å². The van der Waals surface area contributed by atoms with Gasteiger partial charge >= 0.3 is 5.97 Å². The number of hydrogen-bond donors (Lipinski definition) is 3. The van der Waals surface area contributed by atoms with Crippen LogP contribution in [0.5, 0.6) is 0 Å². The van der Waals surface area contributed by atoms with Crippen molar-refractivity contribution >= 4 is 11.9 Å². The molecule has 0 heterocycles. The third-order valence-electron chi connectivity index (χ3n) is 11.7. The van der Waals surface area contributed by atoms with Crippen LogP contribution in [0.2, 0.25) is 0 Å². The number of aliphatic hydroxyl groups is 2. The molecule has 3 atom stereocenters. The zero-order chi connectivity index (χ0) is 47.4. The number of aliphatic hydroxyl groups excluding tert-OH is 2. The fourth-order valence-electron chi connectivity index (χ4n) is 7.60. The first-order chi connectivity index (χ1) is 32.0. The molecule has 0 aromatic carbocycles. The van der Waals surface area contributed by atoms with E-state index in [1.807, 2.05) is 12.2 Å². The van der Waals surface area contributed by atoms with Gasteiger partial charge in [0.25, 0.3) is 0 Å². The standard InChI is InChI=1S/C59H101NO5/c1-4-7-10-13-16-19-22-25-27-28-29-31-34-37-40-43-46-49-52-59(64)65-55(50-47-44-41-38-35-33-30-26-23-20-17-14-11-8-5-2)53-58(63)60-56(54-61)57(62)51-48-45-42-39-36-32-24-21-18-15-12-9-6-3/h16-17,19-20,22,25-31,35,38,44,47,55-57,61-62H,4-15,18,21,23-24,32-34,36-37,39-43,45-46,48-54H2,1-3H3,(H,60,63)/b19-16+,20-17-,25-22+,28-27+,30-26-,31-29+,38-35-,47-44-. The molecule has 65 heavy (non-hydrogen) atoms. The number of carbonyl (C=O) groups excluding carboxylic acids is 2. The second kappa shape index (κ2) is 51.8. The van der Waals surface area contributed by atoms with Crippen molar-refractivity contribution in [1.29, 1.82) is 0 Å². The minimum absolute atomic E-state index is 0.0130. The van der Waals surface area contributed by atoms with Crippen molar-refractivity contribution in [2.75, 3.05) is 6.61 Å². The number of allylic oxidation sites excluding steroid dienone is 15. The van der Waals surface area contributed by atoms with Crippen LogP contribution in [0.1, 0.15) is 239 Å². The van der Waals surface area contributed by atoms with Gasteiger partial charge < -0.3 is 20.3 Å². The molecule has 0 rings (SSSR count). The monoisotopic (exact) mass is 904 g/mol. The molecule has 0 bridgehead atoms. The number of esters is 1. The van der Waals surface area contributed by atoms with Gasteiger partial charge in [0.15, 0.2) is 0 Å². The van der Waals surface area contributed by atoms with Crippen molar-refractivity contribution in [3.63, 3.8) is 0 Å². The number of rotatable bonds is 47. The minimum atomic E-state index is -0.820. The van der Waals surface area contributed by atoms with Crippen LogP contribution in [0.15, 0.2) is 97.2 Å². The molecule has 0 aromatic heterocycles. The Morgan fingerprint density at radius 2 is 0.877 bits per heavy atom. The molecule has 372 valence electrons. The van der Waals surface area contributed by atoms with Crippen LogP contribution in [0, 0.1) is 0 Å². The number of amides is 1. The van der Waals surface area contributed by atoms with Crippen molar-refractivity contribution < 1.29 is 24.5 Å². The number of unbranched alkanes of at least 4 members (excludes halogenated alkanes) is 23. The van der Waals surface area contributed by atoms with E-state index in [2.05, 4.69) is 111 Å². The van der Waals surface area contributed by atoms with Gasteiger partial charge in [-0.2, -0.15) is 0 Å². The minimum Gasteiger partial charge on any atom is -0.461 e. The van der Waals surface area contributed by atoms with Crippen LogP contribution in [-0.4, -0.2) is 46.9 Å². The van der Waals surface area contributed by atoms with Gasteiger partial charge in [0, 0.05) is 12.8 Å². The molecule has 0 aliphatic heterocycles. The van der Waals surface area contributed by atoms with Crippen LogP contribution < -0.4 is 5.32 Å². The van der Waals surface area contributed by atoms with Gasteiger partial charge in [0.05, 0.1) is 25.2 Å². The lowest BCUT2D eigenvalue weighted by Crippen LogP contribution is -2.46. The highest BCUT2D eigenvalue weighted by atomic mass is 16.5. The summed E-state index contributed by atoms with van der Waals surface area (Å²) in [5.41, 5.74) is 0. The van der Waals surface area contributed by atoms with Crippen molar-refractivity contribution in [2.24, 2.45) is 0 Å². The molecule has 0 spiro atoms. The molecule has 3 N–H and O–H groups in total. The summed E-state index contributed by atoms with van der Waals surface area (Å²) in [6, 6.07) is -0.741. The second-order valence-corrected chi connectivity index (χ2v) is 18.0. The molecule has 0 fully saturated rings. The predicted octanol–water partition coefficient (Wildman–Crippen LogP) is 16.5. The van der Waals surface area contributed by atoms with Crippen LogP contribution in [0.4, 0.5) is 0 Å². The fraction of sp³-hybridized carbons (Fsp3) is 0.695. The Labute approximate surface area is 401 Å². The van der Waals surface area contributed by atoms with E-state index in [1.54, 1.807) is 0 Å². The average Bonchev–Trinajstić information content (AvgIpc) is 3.30. The summed E-state index contributed by atoms with van der Waals surface area (Å²) in [6.07, 6.45) is 69.0.